The minimum atomic E-state index is -0.321. The third-order valence-electron chi connectivity index (χ3n) is 4.54. The van der Waals surface area contributed by atoms with Crippen molar-refractivity contribution in [1.82, 2.24) is 10.3 Å². The van der Waals surface area contributed by atoms with Gasteiger partial charge in [-0.05, 0) is 49.6 Å². The van der Waals surface area contributed by atoms with E-state index in [1.54, 1.807) is 18.3 Å². The summed E-state index contributed by atoms with van der Waals surface area (Å²) in [6.07, 6.45) is 3.89. The van der Waals surface area contributed by atoms with E-state index in [0.717, 1.165) is 38.2 Å². The third-order valence-corrected chi connectivity index (χ3v) is 4.54. The number of benzene rings is 1. The number of rotatable bonds is 4. The number of aryl methyl sites for hydroxylation is 1. The summed E-state index contributed by atoms with van der Waals surface area (Å²) in [5.41, 5.74) is 3.17. The number of halogens is 1. The molecule has 0 radical (unpaired) electrons. The molecular formula is C19H21FN4. The minimum Gasteiger partial charge on any atom is -0.368 e. The van der Waals surface area contributed by atoms with Crippen molar-refractivity contribution >= 4 is 5.69 Å². The van der Waals surface area contributed by atoms with Crippen molar-refractivity contribution in [2.45, 2.75) is 32.4 Å². The Labute approximate surface area is 141 Å². The summed E-state index contributed by atoms with van der Waals surface area (Å²) in [4.78, 5) is 6.37. The van der Waals surface area contributed by atoms with E-state index in [4.69, 9.17) is 5.26 Å². The highest BCUT2D eigenvalue weighted by atomic mass is 19.1. The number of aromatic nitrogens is 1. The van der Waals surface area contributed by atoms with E-state index in [1.165, 1.54) is 11.6 Å². The molecule has 1 atom stereocenters. The summed E-state index contributed by atoms with van der Waals surface area (Å²) in [6, 6.07) is 11.0. The number of nitrogens with one attached hydrogen (secondary N) is 1. The molecule has 1 aliphatic heterocycles. The molecule has 1 unspecified atom stereocenters. The van der Waals surface area contributed by atoms with Crippen LogP contribution in [0.3, 0.4) is 0 Å². The molecule has 2 heterocycles. The molecular weight excluding hydrogens is 303 g/mol. The van der Waals surface area contributed by atoms with E-state index >= 15 is 0 Å². The molecule has 0 saturated carbocycles. The molecule has 0 amide bonds. The van der Waals surface area contributed by atoms with E-state index in [1.807, 2.05) is 19.1 Å². The Balaban J connectivity index is 1.64. The molecule has 4 nitrogen and oxygen atoms in total. The number of piperidine rings is 1. The zero-order valence-corrected chi connectivity index (χ0v) is 13.8. The van der Waals surface area contributed by atoms with Gasteiger partial charge in [0.1, 0.15) is 5.82 Å². The van der Waals surface area contributed by atoms with Gasteiger partial charge >= 0.3 is 0 Å². The van der Waals surface area contributed by atoms with Gasteiger partial charge in [-0.3, -0.25) is 4.98 Å². The predicted octanol–water partition coefficient (Wildman–Crippen LogP) is 3.16. The number of hydrogen-bond acceptors (Lipinski definition) is 4. The van der Waals surface area contributed by atoms with E-state index in [2.05, 4.69) is 21.3 Å². The molecule has 2 aromatic rings. The van der Waals surface area contributed by atoms with E-state index < -0.39 is 0 Å². The second-order valence-electron chi connectivity index (χ2n) is 6.19. The van der Waals surface area contributed by atoms with Gasteiger partial charge in [0, 0.05) is 37.6 Å². The Hall–Kier alpha value is -2.45. The Morgan fingerprint density at radius 2 is 2.29 bits per heavy atom. The van der Waals surface area contributed by atoms with Crippen LogP contribution in [0.5, 0.6) is 0 Å². The lowest BCUT2D eigenvalue weighted by atomic mass is 10.0. The smallest absolute Gasteiger partial charge is 0.147 e. The van der Waals surface area contributed by atoms with Crippen LogP contribution in [0.4, 0.5) is 10.1 Å². The van der Waals surface area contributed by atoms with Gasteiger partial charge in [-0.25, -0.2) is 4.39 Å². The molecule has 124 valence electrons. The summed E-state index contributed by atoms with van der Waals surface area (Å²) in [6.45, 7) is 4.39. The SMILES string of the molecule is Cc1ncccc1CNC1CCCN(c2ccc(C#N)cc2F)C1. The van der Waals surface area contributed by atoms with Crippen LogP contribution in [0.1, 0.15) is 29.7 Å². The van der Waals surface area contributed by atoms with E-state index in [9.17, 15) is 4.39 Å². The van der Waals surface area contributed by atoms with Crippen LogP contribution in [0.2, 0.25) is 0 Å². The zero-order valence-electron chi connectivity index (χ0n) is 13.8. The van der Waals surface area contributed by atoms with Crippen LogP contribution in [-0.4, -0.2) is 24.1 Å². The third kappa shape index (κ3) is 3.72. The molecule has 0 spiro atoms. The average Bonchev–Trinajstić information content (AvgIpc) is 2.61. The van der Waals surface area contributed by atoms with Crippen molar-refractivity contribution in [1.29, 1.82) is 5.26 Å². The lowest BCUT2D eigenvalue weighted by Gasteiger charge is -2.35. The van der Waals surface area contributed by atoms with Gasteiger partial charge in [0.2, 0.25) is 0 Å². The molecule has 0 aliphatic carbocycles. The second-order valence-corrected chi connectivity index (χ2v) is 6.19. The van der Waals surface area contributed by atoms with Crippen LogP contribution in [-0.2, 0) is 6.54 Å². The summed E-state index contributed by atoms with van der Waals surface area (Å²) < 4.78 is 14.2. The first-order valence-corrected chi connectivity index (χ1v) is 8.26. The van der Waals surface area contributed by atoms with E-state index in [-0.39, 0.29) is 5.82 Å². The first-order chi connectivity index (χ1) is 11.7. The van der Waals surface area contributed by atoms with Crippen LogP contribution < -0.4 is 10.2 Å². The van der Waals surface area contributed by atoms with E-state index in [0.29, 0.717) is 17.3 Å². The molecule has 1 aromatic carbocycles. The molecule has 5 heteroatoms. The van der Waals surface area contributed by atoms with Gasteiger partial charge < -0.3 is 10.2 Å². The largest absolute Gasteiger partial charge is 0.368 e. The van der Waals surface area contributed by atoms with Crippen LogP contribution in [0.25, 0.3) is 0 Å². The molecule has 1 N–H and O–H groups in total. The molecule has 3 rings (SSSR count). The number of nitrogens with zero attached hydrogens (tertiary/aromatic N) is 3. The Kier molecular flexibility index (Phi) is 5.07. The molecule has 1 aromatic heterocycles. The van der Waals surface area contributed by atoms with Crippen molar-refractivity contribution in [3.8, 4) is 6.07 Å². The first kappa shape index (κ1) is 16.4. The Bertz CT molecular complexity index is 753. The van der Waals surface area contributed by atoms with Crippen molar-refractivity contribution < 1.29 is 4.39 Å². The fraction of sp³-hybridized carbons (Fsp3) is 0.368. The standard InChI is InChI=1S/C19H21FN4/c1-14-16(4-2-8-22-14)12-23-17-5-3-9-24(13-17)19-7-6-15(11-21)10-18(19)20/h2,4,6-8,10,17,23H,3,5,9,12-13H2,1H3. The zero-order chi connectivity index (χ0) is 16.9. The maximum Gasteiger partial charge on any atom is 0.147 e. The molecule has 1 fully saturated rings. The van der Waals surface area contributed by atoms with Gasteiger partial charge in [0.05, 0.1) is 17.3 Å². The molecule has 24 heavy (non-hydrogen) atoms. The number of nitriles is 1. The minimum absolute atomic E-state index is 0.313. The van der Waals surface area contributed by atoms with Gasteiger partial charge in [-0.15, -0.1) is 0 Å². The normalized spacial score (nSPS) is 17.5. The van der Waals surface area contributed by atoms with Gasteiger partial charge in [-0.2, -0.15) is 5.26 Å². The van der Waals surface area contributed by atoms with Gasteiger partial charge in [-0.1, -0.05) is 6.07 Å². The highest BCUT2D eigenvalue weighted by Crippen LogP contribution is 2.24. The number of anilines is 1. The lowest BCUT2D eigenvalue weighted by molar-refractivity contribution is 0.418. The van der Waals surface area contributed by atoms with Crippen molar-refractivity contribution in [3.63, 3.8) is 0 Å². The fourth-order valence-electron chi connectivity index (χ4n) is 3.15. The Morgan fingerprint density at radius 1 is 1.42 bits per heavy atom. The monoisotopic (exact) mass is 324 g/mol. The fourth-order valence-corrected chi connectivity index (χ4v) is 3.15. The maximum absolute atomic E-state index is 14.2. The number of hydrogen-bond donors (Lipinski definition) is 1. The predicted molar refractivity (Wildman–Crippen MR) is 92.2 cm³/mol. The second kappa shape index (κ2) is 7.41. The molecule has 1 aliphatic rings. The Morgan fingerprint density at radius 3 is 3.04 bits per heavy atom. The maximum atomic E-state index is 14.2. The van der Waals surface area contributed by atoms with Crippen molar-refractivity contribution in [2.75, 3.05) is 18.0 Å². The molecule has 1 saturated heterocycles. The van der Waals surface area contributed by atoms with Gasteiger partial charge in [0.25, 0.3) is 0 Å². The topological polar surface area (TPSA) is 52.0 Å². The summed E-state index contributed by atoms with van der Waals surface area (Å²) in [7, 11) is 0. The summed E-state index contributed by atoms with van der Waals surface area (Å²) >= 11 is 0. The quantitative estimate of drug-likeness (QED) is 0.938. The van der Waals surface area contributed by atoms with Crippen LogP contribution >= 0.6 is 0 Å². The first-order valence-electron chi connectivity index (χ1n) is 8.26. The average molecular weight is 324 g/mol. The van der Waals surface area contributed by atoms with Crippen LogP contribution in [0, 0.1) is 24.1 Å². The van der Waals surface area contributed by atoms with Crippen molar-refractivity contribution in [3.05, 3.63) is 59.2 Å². The highest BCUT2D eigenvalue weighted by molar-refractivity contribution is 5.51. The summed E-state index contributed by atoms with van der Waals surface area (Å²) in [5.74, 6) is -0.321. The number of pyridine rings is 1. The lowest BCUT2D eigenvalue weighted by Crippen LogP contribution is -2.45. The van der Waals surface area contributed by atoms with Crippen molar-refractivity contribution in [2.24, 2.45) is 0 Å². The highest BCUT2D eigenvalue weighted by Gasteiger charge is 2.22. The van der Waals surface area contributed by atoms with Gasteiger partial charge in [0.15, 0.2) is 0 Å². The van der Waals surface area contributed by atoms with Crippen LogP contribution in [0.15, 0.2) is 36.5 Å². The molecule has 0 bridgehead atoms. The summed E-state index contributed by atoms with van der Waals surface area (Å²) in [5, 5.41) is 12.4.